The van der Waals surface area contributed by atoms with Crippen molar-refractivity contribution in [3.63, 3.8) is 0 Å². The lowest BCUT2D eigenvalue weighted by Gasteiger charge is -2.38. The van der Waals surface area contributed by atoms with Crippen molar-refractivity contribution >= 4 is 22.8 Å². The third-order valence-corrected chi connectivity index (χ3v) is 7.85. The van der Waals surface area contributed by atoms with Crippen LogP contribution in [0.4, 0.5) is 0 Å². The molecule has 2 unspecified atom stereocenters. The summed E-state index contributed by atoms with van der Waals surface area (Å²) in [6.45, 7) is 10.3. The topological polar surface area (TPSA) is 74.2 Å². The number of nitrogens with one attached hydrogen (secondary N) is 1. The molecule has 30 heavy (non-hydrogen) atoms. The Kier molecular flexibility index (Phi) is 8.27. The second kappa shape index (κ2) is 10.3. The van der Waals surface area contributed by atoms with Crippen LogP contribution in [-0.2, 0) is 9.53 Å². The molecule has 7 heteroatoms. The fraction of sp³-hybridized carbons (Fsp3) is 0.913. The minimum absolute atomic E-state index is 0.0978. The first-order chi connectivity index (χ1) is 14.1. The average Bonchev–Trinajstić information content (AvgIpc) is 3.26. The molecule has 3 rings (SSSR count). The van der Waals surface area contributed by atoms with Crippen LogP contribution in [0.3, 0.4) is 0 Å². The molecule has 2 saturated heterocycles. The van der Waals surface area contributed by atoms with Gasteiger partial charge in [-0.05, 0) is 71.6 Å². The third-order valence-electron chi connectivity index (χ3n) is 6.62. The van der Waals surface area contributed by atoms with Gasteiger partial charge in [-0.25, -0.2) is 0 Å². The van der Waals surface area contributed by atoms with E-state index < -0.39 is 11.2 Å². The maximum Gasteiger partial charge on any atom is 0.242 e. The molecule has 0 aromatic rings. The number of hydrogen-bond donors (Lipinski definition) is 2. The van der Waals surface area contributed by atoms with E-state index in [-0.39, 0.29) is 11.5 Å². The molecule has 1 saturated carbocycles. The summed E-state index contributed by atoms with van der Waals surface area (Å²) in [5.41, 5.74) is -0.366. The second-order valence-electron chi connectivity index (χ2n) is 10.5. The Hall–Kier alpha value is -0.630. The summed E-state index contributed by atoms with van der Waals surface area (Å²) >= 11 is 1.61. The molecule has 172 valence electrons. The molecule has 0 spiro atoms. The molecule has 6 nitrogen and oxygen atoms in total. The van der Waals surface area contributed by atoms with E-state index in [1.54, 1.807) is 11.8 Å². The summed E-state index contributed by atoms with van der Waals surface area (Å²) in [4.78, 5) is 19.3. The van der Waals surface area contributed by atoms with Crippen molar-refractivity contribution in [2.24, 2.45) is 16.8 Å². The van der Waals surface area contributed by atoms with E-state index in [4.69, 9.17) is 4.74 Å². The van der Waals surface area contributed by atoms with Crippen LogP contribution >= 0.6 is 11.8 Å². The molecular formula is C23H41N3O3S. The van der Waals surface area contributed by atoms with Crippen molar-refractivity contribution in [2.75, 3.05) is 19.6 Å². The van der Waals surface area contributed by atoms with Gasteiger partial charge in [0.25, 0.3) is 0 Å². The Balaban J connectivity index is 1.41. The quantitative estimate of drug-likeness (QED) is 0.439. The summed E-state index contributed by atoms with van der Waals surface area (Å²) < 4.78 is 5.24. The van der Waals surface area contributed by atoms with E-state index in [2.05, 4.69) is 17.2 Å². The fourth-order valence-electron chi connectivity index (χ4n) is 4.90. The molecule has 1 aliphatic carbocycles. The molecular weight excluding hydrogens is 398 g/mol. The molecule has 0 radical (unpaired) electrons. The molecule has 1 amide bonds. The number of piperidine rings is 1. The maximum atomic E-state index is 12.7. The highest BCUT2D eigenvalue weighted by atomic mass is 32.2. The van der Waals surface area contributed by atoms with E-state index in [0.29, 0.717) is 5.92 Å². The van der Waals surface area contributed by atoms with Crippen molar-refractivity contribution in [3.05, 3.63) is 0 Å². The standard InChI is InChI=1S/C23H41N3O3S/c1-22(2,3)29-21(28)26-14-11-18(12-15-26)16-23(4)19(27)25-20(30-23)24-13-7-10-17-8-5-6-9-17/h17-18,21,28H,5-16H2,1-4H3,(H,24,25,27). The lowest BCUT2D eigenvalue weighted by Crippen LogP contribution is -2.46. The van der Waals surface area contributed by atoms with Gasteiger partial charge in [0.2, 0.25) is 12.3 Å². The SMILES string of the molecule is CC(C)(C)OC(O)N1CCC(CC2(C)SC(=NCCCC3CCCC3)NC2=O)CC1. The van der Waals surface area contributed by atoms with E-state index in [0.717, 1.165) is 56.4 Å². The average molecular weight is 440 g/mol. The molecule has 2 N–H and O–H groups in total. The number of likely N-dealkylation sites (tertiary alicyclic amines) is 1. The van der Waals surface area contributed by atoms with Gasteiger partial charge in [0.15, 0.2) is 5.17 Å². The number of amidine groups is 1. The number of aliphatic hydroxyl groups is 1. The molecule has 2 aliphatic heterocycles. The predicted octanol–water partition coefficient (Wildman–Crippen LogP) is 4.13. The zero-order valence-corrected chi connectivity index (χ0v) is 20.1. The second-order valence-corrected chi connectivity index (χ2v) is 12.0. The summed E-state index contributed by atoms with van der Waals surface area (Å²) in [6.07, 6.45) is 9.91. The van der Waals surface area contributed by atoms with E-state index in [9.17, 15) is 9.90 Å². The number of carbonyl (C=O) groups excluding carboxylic acids is 1. The fourth-order valence-corrected chi connectivity index (χ4v) is 6.09. The van der Waals surface area contributed by atoms with Crippen molar-refractivity contribution in [1.82, 2.24) is 10.2 Å². The number of hydrogen-bond acceptors (Lipinski definition) is 6. The Morgan fingerprint density at radius 1 is 1.23 bits per heavy atom. The summed E-state index contributed by atoms with van der Waals surface area (Å²) in [7, 11) is 0. The van der Waals surface area contributed by atoms with Gasteiger partial charge in [-0.1, -0.05) is 37.4 Å². The largest absolute Gasteiger partial charge is 0.356 e. The number of nitrogens with zero attached hydrogens (tertiary/aromatic N) is 2. The predicted molar refractivity (Wildman–Crippen MR) is 123 cm³/mol. The summed E-state index contributed by atoms with van der Waals surface area (Å²) in [5.74, 6) is 1.48. The monoisotopic (exact) mass is 439 g/mol. The van der Waals surface area contributed by atoms with Crippen LogP contribution in [0.2, 0.25) is 0 Å². The van der Waals surface area contributed by atoms with E-state index >= 15 is 0 Å². The molecule has 3 fully saturated rings. The summed E-state index contributed by atoms with van der Waals surface area (Å²) in [5, 5.41) is 14.1. The maximum absolute atomic E-state index is 12.7. The van der Waals surface area contributed by atoms with Gasteiger partial charge in [0.05, 0.1) is 10.3 Å². The zero-order valence-electron chi connectivity index (χ0n) is 19.3. The third kappa shape index (κ3) is 6.94. The minimum Gasteiger partial charge on any atom is -0.356 e. The van der Waals surface area contributed by atoms with E-state index in [1.165, 1.54) is 32.1 Å². The van der Waals surface area contributed by atoms with Crippen LogP contribution in [-0.4, -0.2) is 57.5 Å². The zero-order chi connectivity index (χ0) is 21.8. The number of thioether (sulfide) groups is 1. The Labute approximate surface area is 186 Å². The van der Waals surface area contributed by atoms with Crippen molar-refractivity contribution in [1.29, 1.82) is 0 Å². The molecule has 3 aliphatic rings. The van der Waals surface area contributed by atoms with Crippen molar-refractivity contribution < 1.29 is 14.6 Å². The lowest BCUT2D eigenvalue weighted by molar-refractivity contribution is -0.243. The van der Waals surface area contributed by atoms with Gasteiger partial charge in [-0.3, -0.25) is 14.7 Å². The number of rotatable bonds is 8. The van der Waals surface area contributed by atoms with Crippen LogP contribution < -0.4 is 5.32 Å². The smallest absolute Gasteiger partial charge is 0.242 e. The Morgan fingerprint density at radius 2 is 1.90 bits per heavy atom. The van der Waals surface area contributed by atoms with Gasteiger partial charge in [0.1, 0.15) is 0 Å². The molecule has 0 aromatic carbocycles. The van der Waals surface area contributed by atoms with Crippen LogP contribution in [0.5, 0.6) is 0 Å². The highest BCUT2D eigenvalue weighted by molar-refractivity contribution is 8.16. The lowest BCUT2D eigenvalue weighted by atomic mass is 9.87. The van der Waals surface area contributed by atoms with Crippen molar-refractivity contribution in [2.45, 2.75) is 102 Å². The molecule has 2 atom stereocenters. The molecule has 2 heterocycles. The van der Waals surface area contributed by atoms with Crippen molar-refractivity contribution in [3.8, 4) is 0 Å². The number of carbonyl (C=O) groups is 1. The Bertz CT molecular complexity index is 607. The number of amides is 1. The van der Waals surface area contributed by atoms with Gasteiger partial charge in [-0.15, -0.1) is 0 Å². The highest BCUT2D eigenvalue weighted by Gasteiger charge is 2.44. The minimum atomic E-state index is -0.853. The highest BCUT2D eigenvalue weighted by Crippen LogP contribution is 2.40. The first-order valence-corrected chi connectivity index (χ1v) is 12.6. The van der Waals surface area contributed by atoms with Crippen LogP contribution in [0.15, 0.2) is 4.99 Å². The summed E-state index contributed by atoms with van der Waals surface area (Å²) in [6, 6.07) is 0. The normalized spacial score (nSPS) is 29.6. The number of aliphatic hydroxyl groups excluding tert-OH is 1. The first-order valence-electron chi connectivity index (χ1n) is 11.8. The van der Waals surface area contributed by atoms with Gasteiger partial charge >= 0.3 is 0 Å². The van der Waals surface area contributed by atoms with Crippen LogP contribution in [0.25, 0.3) is 0 Å². The van der Waals surface area contributed by atoms with Gasteiger partial charge in [-0.2, -0.15) is 0 Å². The number of aliphatic imine (C=N–C) groups is 1. The van der Waals surface area contributed by atoms with E-state index in [1.807, 2.05) is 25.7 Å². The van der Waals surface area contributed by atoms with Crippen LogP contribution in [0, 0.1) is 11.8 Å². The van der Waals surface area contributed by atoms with Gasteiger partial charge in [0, 0.05) is 19.6 Å². The Morgan fingerprint density at radius 3 is 2.53 bits per heavy atom. The molecule has 0 bridgehead atoms. The number of ether oxygens (including phenoxy) is 1. The van der Waals surface area contributed by atoms with Gasteiger partial charge < -0.3 is 15.2 Å². The van der Waals surface area contributed by atoms with Crippen LogP contribution in [0.1, 0.15) is 85.5 Å². The first kappa shape index (κ1) is 24.0. The molecule has 0 aromatic heterocycles.